The molecule has 0 unspecified atom stereocenters. The zero-order chi connectivity index (χ0) is 14.1. The summed E-state index contributed by atoms with van der Waals surface area (Å²) in [5.74, 6) is -5.41. The van der Waals surface area contributed by atoms with Crippen molar-refractivity contribution in [2.45, 2.75) is 25.7 Å². The third kappa shape index (κ3) is 2.57. The van der Waals surface area contributed by atoms with E-state index < -0.39 is 46.6 Å². The van der Waals surface area contributed by atoms with Gasteiger partial charge in [0, 0.05) is 17.0 Å². The zero-order valence-electron chi connectivity index (χ0n) is 10.2. The average Bonchev–Trinajstić information content (AvgIpc) is 2.20. The largest absolute Gasteiger partial charge is 0.493 e. The van der Waals surface area contributed by atoms with Crippen LogP contribution >= 0.6 is 0 Å². The second kappa shape index (κ2) is 4.88. The van der Waals surface area contributed by atoms with Crippen molar-refractivity contribution in [2.75, 3.05) is 7.11 Å². The topological polar surface area (TPSA) is 46.5 Å². The van der Waals surface area contributed by atoms with E-state index in [4.69, 9.17) is 9.84 Å². The number of halogens is 3. The molecule has 6 heteroatoms. The molecule has 0 aliphatic rings. The highest BCUT2D eigenvalue weighted by atomic mass is 19.2. The molecule has 18 heavy (non-hydrogen) atoms. The third-order valence-corrected chi connectivity index (χ3v) is 2.60. The number of carboxylic acid groups (broad SMARTS) is 1. The molecule has 0 aliphatic carbocycles. The van der Waals surface area contributed by atoms with Gasteiger partial charge in [0.2, 0.25) is 0 Å². The SMILES string of the molecule is COc1c(F)cc(F)c(F)c1C(C)(C)CC(=O)O. The second-order valence-electron chi connectivity index (χ2n) is 4.52. The quantitative estimate of drug-likeness (QED) is 0.849. The van der Waals surface area contributed by atoms with Gasteiger partial charge >= 0.3 is 5.97 Å². The molecule has 100 valence electrons. The van der Waals surface area contributed by atoms with Crippen LogP contribution in [0.2, 0.25) is 0 Å². The van der Waals surface area contributed by atoms with E-state index in [0.717, 1.165) is 7.11 Å². The van der Waals surface area contributed by atoms with E-state index in [2.05, 4.69) is 0 Å². The van der Waals surface area contributed by atoms with Crippen LogP contribution in [0.4, 0.5) is 13.2 Å². The number of aliphatic carboxylic acids is 1. The molecule has 0 aromatic heterocycles. The smallest absolute Gasteiger partial charge is 0.304 e. The summed E-state index contributed by atoms with van der Waals surface area (Å²) in [6.45, 7) is 2.75. The van der Waals surface area contributed by atoms with Crippen LogP contribution in [0.1, 0.15) is 25.8 Å². The number of methoxy groups -OCH3 is 1. The van der Waals surface area contributed by atoms with Crippen molar-refractivity contribution in [3.63, 3.8) is 0 Å². The summed E-state index contributed by atoms with van der Waals surface area (Å²) >= 11 is 0. The van der Waals surface area contributed by atoms with Gasteiger partial charge in [-0.25, -0.2) is 13.2 Å². The van der Waals surface area contributed by atoms with Crippen molar-refractivity contribution >= 4 is 5.97 Å². The summed E-state index contributed by atoms with van der Waals surface area (Å²) in [4.78, 5) is 10.7. The van der Waals surface area contributed by atoms with Crippen molar-refractivity contribution < 1.29 is 27.8 Å². The Morgan fingerprint density at radius 3 is 2.33 bits per heavy atom. The molecule has 0 saturated carbocycles. The molecule has 0 radical (unpaired) electrons. The fraction of sp³-hybridized carbons (Fsp3) is 0.417. The highest BCUT2D eigenvalue weighted by molar-refractivity contribution is 5.69. The molecular formula is C12H13F3O3. The lowest BCUT2D eigenvalue weighted by Gasteiger charge is -2.26. The minimum atomic E-state index is -1.37. The fourth-order valence-corrected chi connectivity index (χ4v) is 1.85. The van der Waals surface area contributed by atoms with Crippen LogP contribution in [0.3, 0.4) is 0 Å². The summed E-state index contributed by atoms with van der Waals surface area (Å²) in [5.41, 5.74) is -1.71. The van der Waals surface area contributed by atoms with Gasteiger partial charge in [-0.05, 0) is 0 Å². The van der Waals surface area contributed by atoms with E-state index >= 15 is 0 Å². The average molecular weight is 262 g/mol. The third-order valence-electron chi connectivity index (χ3n) is 2.60. The maximum atomic E-state index is 13.8. The van der Waals surface area contributed by atoms with Gasteiger partial charge in [0.15, 0.2) is 23.2 Å². The zero-order valence-corrected chi connectivity index (χ0v) is 10.2. The molecule has 0 amide bonds. The van der Waals surface area contributed by atoms with Crippen LogP contribution in [-0.4, -0.2) is 18.2 Å². The van der Waals surface area contributed by atoms with Gasteiger partial charge in [0.1, 0.15) is 0 Å². The van der Waals surface area contributed by atoms with Crippen LogP contribution < -0.4 is 4.74 Å². The molecule has 1 aromatic rings. The van der Waals surface area contributed by atoms with Gasteiger partial charge in [-0.15, -0.1) is 0 Å². The molecule has 0 aliphatic heterocycles. The van der Waals surface area contributed by atoms with E-state index in [9.17, 15) is 18.0 Å². The first-order chi connectivity index (χ1) is 8.20. The summed E-state index contributed by atoms with van der Waals surface area (Å²) in [7, 11) is 1.11. The minimum absolute atomic E-state index is 0.370. The highest BCUT2D eigenvalue weighted by Gasteiger charge is 2.34. The van der Waals surface area contributed by atoms with Crippen molar-refractivity contribution in [1.82, 2.24) is 0 Å². The molecule has 0 bridgehead atoms. The maximum absolute atomic E-state index is 13.8. The standard InChI is InChI=1S/C12H13F3O3/c1-12(2,5-8(16)17)9-10(15)6(13)4-7(14)11(9)18-3/h4H,5H2,1-3H3,(H,16,17). The normalized spacial score (nSPS) is 11.4. The number of hydrogen-bond acceptors (Lipinski definition) is 2. The van der Waals surface area contributed by atoms with E-state index in [-0.39, 0.29) is 0 Å². The molecule has 3 nitrogen and oxygen atoms in total. The number of hydrogen-bond donors (Lipinski definition) is 1. The minimum Gasteiger partial charge on any atom is -0.493 e. The Morgan fingerprint density at radius 2 is 1.89 bits per heavy atom. The first-order valence-corrected chi connectivity index (χ1v) is 5.14. The highest BCUT2D eigenvalue weighted by Crippen LogP contribution is 2.38. The van der Waals surface area contributed by atoms with Gasteiger partial charge in [0.05, 0.1) is 13.5 Å². The van der Waals surface area contributed by atoms with Gasteiger partial charge in [-0.1, -0.05) is 13.8 Å². The Bertz CT molecular complexity index is 484. The summed E-state index contributed by atoms with van der Waals surface area (Å²) in [6, 6.07) is 0.370. The van der Waals surface area contributed by atoms with E-state index in [1.54, 1.807) is 0 Å². The van der Waals surface area contributed by atoms with Gasteiger partial charge in [-0.3, -0.25) is 4.79 Å². The predicted octanol–water partition coefficient (Wildman–Crippen LogP) is 2.86. The fourth-order valence-electron chi connectivity index (χ4n) is 1.85. The number of carboxylic acids is 1. The molecule has 1 N–H and O–H groups in total. The molecule has 1 aromatic carbocycles. The van der Waals surface area contributed by atoms with E-state index in [0.29, 0.717) is 6.07 Å². The summed E-state index contributed by atoms with van der Waals surface area (Å²) in [6.07, 6.45) is -0.483. The Kier molecular flexibility index (Phi) is 3.88. The predicted molar refractivity (Wildman–Crippen MR) is 58.1 cm³/mol. The summed E-state index contributed by atoms with van der Waals surface area (Å²) < 4.78 is 45.2. The molecule has 0 fully saturated rings. The molecule has 0 heterocycles. The van der Waals surface area contributed by atoms with Crippen LogP contribution in [0.15, 0.2) is 6.07 Å². The first kappa shape index (κ1) is 14.3. The van der Waals surface area contributed by atoms with Crippen LogP contribution in [-0.2, 0) is 10.2 Å². The molecule has 1 rings (SSSR count). The number of benzene rings is 1. The lowest BCUT2D eigenvalue weighted by atomic mass is 9.80. The number of rotatable bonds is 4. The van der Waals surface area contributed by atoms with Crippen molar-refractivity contribution in [3.8, 4) is 5.75 Å². The maximum Gasteiger partial charge on any atom is 0.304 e. The van der Waals surface area contributed by atoms with Crippen molar-refractivity contribution in [3.05, 3.63) is 29.1 Å². The van der Waals surface area contributed by atoms with Gasteiger partial charge < -0.3 is 9.84 Å². The molecule has 0 spiro atoms. The molecule has 0 atom stereocenters. The molecular weight excluding hydrogens is 249 g/mol. The van der Waals surface area contributed by atoms with Crippen LogP contribution in [0.25, 0.3) is 0 Å². The monoisotopic (exact) mass is 262 g/mol. The van der Waals surface area contributed by atoms with Crippen molar-refractivity contribution in [1.29, 1.82) is 0 Å². The second-order valence-corrected chi connectivity index (χ2v) is 4.52. The van der Waals surface area contributed by atoms with Gasteiger partial charge in [0.25, 0.3) is 0 Å². The Hall–Kier alpha value is -1.72. The van der Waals surface area contributed by atoms with E-state index in [1.807, 2.05) is 0 Å². The lowest BCUT2D eigenvalue weighted by molar-refractivity contribution is -0.138. The Labute approximate surface area is 102 Å². The molecule has 0 saturated heterocycles. The number of carbonyl (C=O) groups is 1. The van der Waals surface area contributed by atoms with Crippen molar-refractivity contribution in [2.24, 2.45) is 0 Å². The Morgan fingerprint density at radius 1 is 1.33 bits per heavy atom. The Balaban J connectivity index is 3.51. The lowest BCUT2D eigenvalue weighted by Crippen LogP contribution is -2.25. The van der Waals surface area contributed by atoms with E-state index in [1.165, 1.54) is 13.8 Å². The summed E-state index contributed by atoms with van der Waals surface area (Å²) in [5, 5.41) is 8.75. The van der Waals surface area contributed by atoms with Gasteiger partial charge in [-0.2, -0.15) is 0 Å². The number of ether oxygens (including phenoxy) is 1. The van der Waals surface area contributed by atoms with Crippen LogP contribution in [0, 0.1) is 17.5 Å². The van der Waals surface area contributed by atoms with Crippen LogP contribution in [0.5, 0.6) is 5.75 Å². The first-order valence-electron chi connectivity index (χ1n) is 5.14.